The first-order chi connectivity index (χ1) is 8.61. The largest absolute Gasteiger partial charge is 0.368 e. The van der Waals surface area contributed by atoms with E-state index in [0.29, 0.717) is 6.54 Å². The molecule has 0 saturated heterocycles. The van der Waals surface area contributed by atoms with Gasteiger partial charge in [0.15, 0.2) is 11.6 Å². The van der Waals surface area contributed by atoms with E-state index in [0.717, 1.165) is 17.4 Å². The first-order valence-electron chi connectivity index (χ1n) is 5.74. The Morgan fingerprint density at radius 1 is 1.28 bits per heavy atom. The number of hydrogen-bond acceptors (Lipinski definition) is 4. The van der Waals surface area contributed by atoms with E-state index in [4.69, 9.17) is 5.73 Å². The van der Waals surface area contributed by atoms with Crippen LogP contribution in [0.2, 0.25) is 0 Å². The monoisotopic (exact) mass is 246 g/mol. The zero-order valence-corrected chi connectivity index (χ0v) is 10.4. The van der Waals surface area contributed by atoms with Crippen LogP contribution in [0.3, 0.4) is 0 Å². The summed E-state index contributed by atoms with van der Waals surface area (Å²) in [7, 11) is 0. The fraction of sp³-hybridized carbons (Fsp3) is 0.231. The van der Waals surface area contributed by atoms with Gasteiger partial charge in [-0.15, -0.1) is 0 Å². The molecule has 0 saturated carbocycles. The van der Waals surface area contributed by atoms with Gasteiger partial charge >= 0.3 is 0 Å². The highest BCUT2D eigenvalue weighted by Gasteiger charge is 2.14. The SMILES string of the molecule is CCN(c1ccc(C)cc1)c1nc(N)ncc1F. The lowest BCUT2D eigenvalue weighted by Crippen LogP contribution is -2.19. The number of rotatable bonds is 3. The summed E-state index contributed by atoms with van der Waals surface area (Å²) in [5.41, 5.74) is 7.53. The topological polar surface area (TPSA) is 55.0 Å². The number of nitrogen functional groups attached to an aromatic ring is 1. The van der Waals surface area contributed by atoms with Crippen molar-refractivity contribution in [3.05, 3.63) is 41.8 Å². The third-order valence-corrected chi connectivity index (χ3v) is 2.66. The van der Waals surface area contributed by atoms with Gasteiger partial charge in [0.05, 0.1) is 6.20 Å². The summed E-state index contributed by atoms with van der Waals surface area (Å²) in [4.78, 5) is 9.35. The Labute approximate surface area is 105 Å². The van der Waals surface area contributed by atoms with Gasteiger partial charge < -0.3 is 10.6 Å². The molecule has 2 N–H and O–H groups in total. The molecule has 2 rings (SSSR count). The van der Waals surface area contributed by atoms with E-state index in [1.165, 1.54) is 0 Å². The predicted octanol–water partition coefficient (Wildman–Crippen LogP) is 2.66. The maximum atomic E-state index is 13.7. The average molecular weight is 246 g/mol. The number of halogens is 1. The lowest BCUT2D eigenvalue weighted by Gasteiger charge is -2.22. The first-order valence-corrected chi connectivity index (χ1v) is 5.74. The van der Waals surface area contributed by atoms with Crippen LogP contribution in [-0.4, -0.2) is 16.5 Å². The van der Waals surface area contributed by atoms with Gasteiger partial charge in [-0.25, -0.2) is 9.37 Å². The minimum Gasteiger partial charge on any atom is -0.368 e. The summed E-state index contributed by atoms with van der Waals surface area (Å²) in [6.45, 7) is 4.53. The van der Waals surface area contributed by atoms with Crippen molar-refractivity contribution in [1.82, 2.24) is 9.97 Å². The fourth-order valence-corrected chi connectivity index (χ4v) is 1.74. The second kappa shape index (κ2) is 5.00. The van der Waals surface area contributed by atoms with Gasteiger partial charge in [-0.1, -0.05) is 17.7 Å². The van der Waals surface area contributed by atoms with Gasteiger partial charge in [0.2, 0.25) is 5.95 Å². The van der Waals surface area contributed by atoms with Crippen LogP contribution in [0.5, 0.6) is 0 Å². The number of nitrogens with two attached hydrogens (primary N) is 1. The van der Waals surface area contributed by atoms with E-state index >= 15 is 0 Å². The minimum absolute atomic E-state index is 0.0666. The molecule has 0 bridgehead atoms. The number of anilines is 3. The van der Waals surface area contributed by atoms with Crippen LogP contribution in [-0.2, 0) is 0 Å². The van der Waals surface area contributed by atoms with Crippen LogP contribution < -0.4 is 10.6 Å². The van der Waals surface area contributed by atoms with Crippen molar-refractivity contribution in [2.75, 3.05) is 17.2 Å². The van der Waals surface area contributed by atoms with Gasteiger partial charge in [-0.05, 0) is 26.0 Å². The molecular formula is C13H15FN4. The Balaban J connectivity index is 2.44. The molecule has 0 unspecified atom stereocenters. The normalized spacial score (nSPS) is 10.4. The first kappa shape index (κ1) is 12.3. The lowest BCUT2D eigenvalue weighted by molar-refractivity contribution is 0.612. The standard InChI is InChI=1S/C13H15FN4/c1-3-18(10-6-4-9(2)5-7-10)12-11(14)8-16-13(15)17-12/h4-8H,3H2,1-2H3,(H2,15,16,17). The summed E-state index contributed by atoms with van der Waals surface area (Å²) in [5.74, 6) is -0.211. The third kappa shape index (κ3) is 2.40. The summed E-state index contributed by atoms with van der Waals surface area (Å²) in [6.07, 6.45) is 1.09. The van der Waals surface area contributed by atoms with Crippen molar-refractivity contribution in [2.45, 2.75) is 13.8 Å². The van der Waals surface area contributed by atoms with Crippen LogP contribution in [0.25, 0.3) is 0 Å². The number of hydrogen-bond donors (Lipinski definition) is 1. The van der Waals surface area contributed by atoms with Crippen molar-refractivity contribution in [3.8, 4) is 0 Å². The molecule has 18 heavy (non-hydrogen) atoms. The molecule has 1 aromatic carbocycles. The molecule has 4 nitrogen and oxygen atoms in total. The Morgan fingerprint density at radius 2 is 1.94 bits per heavy atom. The highest BCUT2D eigenvalue weighted by molar-refractivity contribution is 5.61. The predicted molar refractivity (Wildman–Crippen MR) is 70.3 cm³/mol. The van der Waals surface area contributed by atoms with E-state index in [1.807, 2.05) is 38.1 Å². The molecule has 0 aliphatic rings. The Kier molecular flexibility index (Phi) is 3.41. The maximum absolute atomic E-state index is 13.7. The molecule has 0 fully saturated rings. The summed E-state index contributed by atoms with van der Waals surface area (Å²) in [5, 5.41) is 0. The minimum atomic E-state index is -0.480. The smallest absolute Gasteiger partial charge is 0.222 e. The number of aromatic nitrogens is 2. The van der Waals surface area contributed by atoms with Crippen LogP contribution in [0, 0.1) is 12.7 Å². The molecule has 1 aromatic heterocycles. The van der Waals surface area contributed by atoms with Gasteiger partial charge in [0.25, 0.3) is 0 Å². The molecule has 2 aromatic rings. The quantitative estimate of drug-likeness (QED) is 0.904. The molecule has 0 amide bonds. The highest BCUT2D eigenvalue weighted by atomic mass is 19.1. The van der Waals surface area contributed by atoms with E-state index in [-0.39, 0.29) is 11.8 Å². The molecule has 0 aliphatic carbocycles. The molecular weight excluding hydrogens is 231 g/mol. The highest BCUT2D eigenvalue weighted by Crippen LogP contribution is 2.25. The zero-order chi connectivity index (χ0) is 13.1. The number of aryl methyl sites for hydroxylation is 1. The molecule has 94 valence electrons. The number of nitrogens with zero attached hydrogens (tertiary/aromatic N) is 3. The van der Waals surface area contributed by atoms with E-state index in [1.54, 1.807) is 4.90 Å². The van der Waals surface area contributed by atoms with Crippen molar-refractivity contribution < 1.29 is 4.39 Å². The fourth-order valence-electron chi connectivity index (χ4n) is 1.74. The summed E-state index contributed by atoms with van der Waals surface area (Å²) in [6, 6.07) is 7.80. The molecule has 0 atom stereocenters. The average Bonchev–Trinajstić information content (AvgIpc) is 2.37. The molecule has 0 radical (unpaired) electrons. The second-order valence-corrected chi connectivity index (χ2v) is 3.98. The zero-order valence-electron chi connectivity index (χ0n) is 10.4. The molecule has 5 heteroatoms. The van der Waals surface area contributed by atoms with Crippen molar-refractivity contribution in [1.29, 1.82) is 0 Å². The van der Waals surface area contributed by atoms with E-state index in [2.05, 4.69) is 9.97 Å². The van der Waals surface area contributed by atoms with Gasteiger partial charge in [-0.3, -0.25) is 0 Å². The Bertz CT molecular complexity index is 539. The van der Waals surface area contributed by atoms with Crippen LogP contribution >= 0.6 is 0 Å². The van der Waals surface area contributed by atoms with Crippen molar-refractivity contribution >= 4 is 17.5 Å². The molecule has 1 heterocycles. The van der Waals surface area contributed by atoms with E-state index in [9.17, 15) is 4.39 Å². The lowest BCUT2D eigenvalue weighted by atomic mass is 10.2. The van der Waals surface area contributed by atoms with Crippen LogP contribution in [0.15, 0.2) is 30.5 Å². The van der Waals surface area contributed by atoms with Crippen molar-refractivity contribution in [3.63, 3.8) is 0 Å². The van der Waals surface area contributed by atoms with Gasteiger partial charge in [0, 0.05) is 12.2 Å². The summed E-state index contributed by atoms with van der Waals surface area (Å²) < 4.78 is 13.7. The second-order valence-electron chi connectivity index (χ2n) is 3.98. The maximum Gasteiger partial charge on any atom is 0.222 e. The third-order valence-electron chi connectivity index (χ3n) is 2.66. The number of benzene rings is 1. The Hall–Kier alpha value is -2.17. The Morgan fingerprint density at radius 3 is 2.56 bits per heavy atom. The molecule has 0 spiro atoms. The van der Waals surface area contributed by atoms with Crippen LogP contribution in [0.1, 0.15) is 12.5 Å². The van der Waals surface area contributed by atoms with Gasteiger partial charge in [-0.2, -0.15) is 4.98 Å². The summed E-state index contributed by atoms with van der Waals surface area (Å²) >= 11 is 0. The van der Waals surface area contributed by atoms with Crippen LogP contribution in [0.4, 0.5) is 21.8 Å². The van der Waals surface area contributed by atoms with Crippen molar-refractivity contribution in [2.24, 2.45) is 0 Å². The van der Waals surface area contributed by atoms with E-state index < -0.39 is 5.82 Å². The van der Waals surface area contributed by atoms with Gasteiger partial charge in [0.1, 0.15) is 0 Å². The molecule has 0 aliphatic heterocycles.